The Labute approximate surface area is 271 Å². The fourth-order valence-electron chi connectivity index (χ4n) is 4.37. The highest BCUT2D eigenvalue weighted by Gasteiger charge is 2.21. The summed E-state index contributed by atoms with van der Waals surface area (Å²) in [5, 5.41) is 17.1. The molecule has 0 unspecified atom stereocenters. The zero-order valence-electron chi connectivity index (χ0n) is 26.4. The summed E-state index contributed by atoms with van der Waals surface area (Å²) in [6.45, 7) is 5.88. The Morgan fingerprint density at radius 3 is 1.89 bits per heavy atom. The second-order valence-corrected chi connectivity index (χ2v) is 10.6. The van der Waals surface area contributed by atoms with Crippen molar-refractivity contribution in [3.63, 3.8) is 0 Å². The van der Waals surface area contributed by atoms with E-state index in [0.29, 0.717) is 24.5 Å². The molecule has 0 aromatic heterocycles. The maximum Gasteiger partial charge on any atom is 0.337 e. The number of methoxy groups -OCH3 is 1. The number of carbonyl (C=O) groups is 3. The van der Waals surface area contributed by atoms with Crippen molar-refractivity contribution in [2.75, 3.05) is 24.4 Å². The van der Waals surface area contributed by atoms with Crippen molar-refractivity contribution >= 4 is 34.8 Å². The summed E-state index contributed by atoms with van der Waals surface area (Å²) in [6.07, 6.45) is 0.348. The van der Waals surface area contributed by atoms with E-state index in [9.17, 15) is 24.5 Å². The number of nitrogens with one attached hydrogen (secondary N) is 2. The van der Waals surface area contributed by atoms with Crippen LogP contribution in [0, 0.1) is 10.1 Å². The summed E-state index contributed by atoms with van der Waals surface area (Å²) in [6, 6.07) is 22.3. The molecule has 0 aliphatic heterocycles. The van der Waals surface area contributed by atoms with E-state index in [4.69, 9.17) is 18.9 Å². The quantitative estimate of drug-likeness (QED) is 0.0838. The zero-order chi connectivity index (χ0) is 33.9. The lowest BCUT2D eigenvalue weighted by atomic mass is 10.1. The van der Waals surface area contributed by atoms with Gasteiger partial charge in [0.2, 0.25) is 0 Å². The van der Waals surface area contributed by atoms with Gasteiger partial charge in [0.15, 0.2) is 5.75 Å². The largest absolute Gasteiger partial charge is 0.491 e. The lowest BCUT2D eigenvalue weighted by Gasteiger charge is -2.16. The highest BCUT2D eigenvalue weighted by molar-refractivity contribution is 6.08. The molecule has 0 saturated heterocycles. The molecule has 12 heteroatoms. The van der Waals surface area contributed by atoms with E-state index in [-0.39, 0.29) is 52.3 Å². The first-order valence-corrected chi connectivity index (χ1v) is 14.8. The first-order chi connectivity index (χ1) is 22.6. The second kappa shape index (κ2) is 15.9. The minimum atomic E-state index is -0.578. The van der Waals surface area contributed by atoms with E-state index < -0.39 is 22.7 Å². The normalized spacial score (nSPS) is 10.6. The number of amides is 2. The van der Waals surface area contributed by atoms with Gasteiger partial charge in [0.25, 0.3) is 11.8 Å². The van der Waals surface area contributed by atoms with Crippen molar-refractivity contribution in [3.05, 3.63) is 117 Å². The molecule has 0 saturated carbocycles. The van der Waals surface area contributed by atoms with Gasteiger partial charge in [0, 0.05) is 23.3 Å². The fraction of sp³-hybridized carbons (Fsp3) is 0.229. The number of ether oxygens (including phenoxy) is 4. The third-order valence-corrected chi connectivity index (χ3v) is 6.62. The number of hydrogen-bond donors (Lipinski definition) is 2. The molecule has 0 fully saturated rings. The molecule has 0 heterocycles. The number of carbonyl (C=O) groups excluding carboxylic acids is 3. The average molecular weight is 642 g/mol. The highest BCUT2D eigenvalue weighted by Crippen LogP contribution is 2.32. The average Bonchev–Trinajstić information content (AvgIpc) is 3.06. The van der Waals surface area contributed by atoms with Crippen molar-refractivity contribution < 1.29 is 38.3 Å². The van der Waals surface area contributed by atoms with Crippen LogP contribution in [-0.2, 0) is 11.3 Å². The molecular weight excluding hydrogens is 606 g/mol. The third-order valence-electron chi connectivity index (χ3n) is 6.62. The number of hydrogen-bond acceptors (Lipinski definition) is 9. The van der Waals surface area contributed by atoms with Crippen molar-refractivity contribution in [3.8, 4) is 17.2 Å². The maximum atomic E-state index is 13.4. The molecule has 4 rings (SSSR count). The summed E-state index contributed by atoms with van der Waals surface area (Å²) in [4.78, 5) is 49.7. The van der Waals surface area contributed by atoms with E-state index in [1.807, 2.05) is 37.3 Å². The van der Waals surface area contributed by atoms with Gasteiger partial charge in [-0.15, -0.1) is 0 Å². The summed E-state index contributed by atoms with van der Waals surface area (Å²) < 4.78 is 22.2. The molecule has 0 atom stereocenters. The van der Waals surface area contributed by atoms with Gasteiger partial charge in [-0.25, -0.2) is 4.79 Å². The molecule has 0 bridgehead atoms. The van der Waals surface area contributed by atoms with E-state index in [0.717, 1.165) is 5.56 Å². The van der Waals surface area contributed by atoms with Crippen molar-refractivity contribution in [2.24, 2.45) is 0 Å². The van der Waals surface area contributed by atoms with Crippen LogP contribution in [0.15, 0.2) is 84.9 Å². The van der Waals surface area contributed by atoms with Gasteiger partial charge in [-0.05, 0) is 68.3 Å². The van der Waals surface area contributed by atoms with Gasteiger partial charge in [0.1, 0.15) is 18.1 Å². The van der Waals surface area contributed by atoms with E-state index >= 15 is 0 Å². The summed E-state index contributed by atoms with van der Waals surface area (Å²) in [7, 11) is 1.28. The van der Waals surface area contributed by atoms with Crippen LogP contribution < -0.4 is 24.8 Å². The lowest BCUT2D eigenvalue weighted by Crippen LogP contribution is -2.16. The first-order valence-electron chi connectivity index (χ1n) is 14.8. The van der Waals surface area contributed by atoms with Crippen LogP contribution in [0.2, 0.25) is 0 Å². The fourth-order valence-corrected chi connectivity index (χ4v) is 4.37. The number of anilines is 2. The maximum absolute atomic E-state index is 13.4. The summed E-state index contributed by atoms with van der Waals surface area (Å²) in [5.74, 6) is -1.13. The first kappa shape index (κ1) is 34.0. The number of nitrogens with zero attached hydrogens (tertiary/aromatic N) is 1. The third kappa shape index (κ3) is 9.07. The van der Waals surface area contributed by atoms with E-state index in [1.165, 1.54) is 55.6 Å². The summed E-state index contributed by atoms with van der Waals surface area (Å²) >= 11 is 0. The monoisotopic (exact) mass is 641 g/mol. The van der Waals surface area contributed by atoms with Gasteiger partial charge < -0.3 is 29.6 Å². The molecule has 0 aliphatic rings. The van der Waals surface area contributed by atoms with Crippen LogP contribution in [0.4, 0.5) is 17.1 Å². The predicted octanol–water partition coefficient (Wildman–Crippen LogP) is 7.04. The van der Waals surface area contributed by atoms with Crippen LogP contribution in [0.3, 0.4) is 0 Å². The van der Waals surface area contributed by atoms with Crippen molar-refractivity contribution in [1.29, 1.82) is 0 Å². The molecule has 4 aromatic carbocycles. The molecular formula is C35H35N3O9. The molecule has 0 spiro atoms. The lowest BCUT2D eigenvalue weighted by molar-refractivity contribution is -0.386. The Morgan fingerprint density at radius 1 is 0.766 bits per heavy atom. The number of nitro groups is 1. The van der Waals surface area contributed by atoms with Gasteiger partial charge in [-0.3, -0.25) is 19.7 Å². The Balaban J connectivity index is 1.63. The second-order valence-electron chi connectivity index (χ2n) is 10.6. The van der Waals surface area contributed by atoms with Crippen LogP contribution in [0.5, 0.6) is 17.2 Å². The predicted molar refractivity (Wildman–Crippen MR) is 176 cm³/mol. The number of nitro benzene ring substituents is 1. The van der Waals surface area contributed by atoms with Gasteiger partial charge in [-0.1, -0.05) is 37.3 Å². The molecule has 47 heavy (non-hydrogen) atoms. The zero-order valence-corrected chi connectivity index (χ0v) is 26.4. The Bertz CT molecular complexity index is 1760. The van der Waals surface area contributed by atoms with Crippen LogP contribution in [-0.4, -0.2) is 42.5 Å². The number of benzene rings is 4. The Hall–Kier alpha value is -5.91. The number of esters is 1. The van der Waals surface area contributed by atoms with E-state index in [1.54, 1.807) is 19.9 Å². The number of rotatable bonds is 14. The van der Waals surface area contributed by atoms with Crippen LogP contribution in [0.1, 0.15) is 63.8 Å². The van der Waals surface area contributed by atoms with Gasteiger partial charge in [-0.2, -0.15) is 0 Å². The van der Waals surface area contributed by atoms with Gasteiger partial charge in [0.05, 0.1) is 41.7 Å². The molecule has 2 amide bonds. The minimum absolute atomic E-state index is 0.0351. The standard InChI is InChI=1S/C35H35N3O9/c1-5-17-45-30-20-26(35(41)44-4)12-15-27(30)36-33(39)24-11-14-28(31(18-24)46-21-23-9-7-6-8-10-23)37-34(40)25-13-16-29(38(42)43)32(19-25)47-22(2)3/h6-16,18-20,22H,5,17,21H2,1-4H3,(H,36,39)(H,37,40). The molecule has 4 aromatic rings. The van der Waals surface area contributed by atoms with Crippen LogP contribution in [0.25, 0.3) is 0 Å². The topological polar surface area (TPSA) is 155 Å². The smallest absolute Gasteiger partial charge is 0.337 e. The Morgan fingerprint density at radius 2 is 1.32 bits per heavy atom. The van der Waals surface area contributed by atoms with Gasteiger partial charge >= 0.3 is 11.7 Å². The molecule has 12 nitrogen and oxygen atoms in total. The molecule has 2 N–H and O–H groups in total. The molecule has 0 aliphatic carbocycles. The molecule has 244 valence electrons. The summed E-state index contributed by atoms with van der Waals surface area (Å²) in [5.41, 5.74) is 1.81. The highest BCUT2D eigenvalue weighted by atomic mass is 16.6. The van der Waals surface area contributed by atoms with Crippen LogP contribution >= 0.6 is 0 Å². The van der Waals surface area contributed by atoms with Crippen molar-refractivity contribution in [1.82, 2.24) is 0 Å². The molecule has 0 radical (unpaired) electrons. The Kier molecular flexibility index (Phi) is 11.5. The van der Waals surface area contributed by atoms with E-state index in [2.05, 4.69) is 10.6 Å². The SMILES string of the molecule is CCCOc1cc(C(=O)OC)ccc1NC(=O)c1ccc(NC(=O)c2ccc([N+](=O)[O-])c(OC(C)C)c2)c(OCc2ccccc2)c1. The van der Waals surface area contributed by atoms with Crippen molar-refractivity contribution in [2.45, 2.75) is 39.9 Å². The minimum Gasteiger partial charge on any atom is -0.491 e.